The Hall–Kier alpha value is -0.870. The Morgan fingerprint density at radius 1 is 1.14 bits per heavy atom. The third-order valence-corrected chi connectivity index (χ3v) is 5.64. The number of imidazole rings is 1. The number of nitrogens with zero attached hydrogens (tertiary/aromatic N) is 3. The van der Waals surface area contributed by atoms with Crippen LogP contribution in [-0.4, -0.2) is 40.8 Å². The minimum Gasteiger partial charge on any atom is -0.380 e. The fourth-order valence-electron chi connectivity index (χ4n) is 4.11. The molecule has 2 fully saturated rings. The molecular formula is C18H29N3O. The number of fused-ring (bicyclic) bond motifs is 1. The summed E-state index contributed by atoms with van der Waals surface area (Å²) in [4.78, 5) is 7.63. The van der Waals surface area contributed by atoms with Crippen LogP contribution >= 0.6 is 0 Å². The summed E-state index contributed by atoms with van der Waals surface area (Å²) in [7, 11) is 2.23. The molecule has 0 radical (unpaired) electrons. The van der Waals surface area contributed by atoms with Crippen molar-refractivity contribution < 1.29 is 4.74 Å². The lowest BCUT2D eigenvalue weighted by molar-refractivity contribution is 0.0908. The van der Waals surface area contributed by atoms with Crippen molar-refractivity contribution in [3.8, 4) is 0 Å². The number of hydrogen-bond acceptors (Lipinski definition) is 3. The molecule has 0 spiro atoms. The van der Waals surface area contributed by atoms with E-state index in [1.54, 1.807) is 0 Å². The first-order valence-electron chi connectivity index (χ1n) is 9.19. The summed E-state index contributed by atoms with van der Waals surface area (Å²) in [6, 6.07) is 0.514. The van der Waals surface area contributed by atoms with Crippen LogP contribution in [0.5, 0.6) is 0 Å². The van der Waals surface area contributed by atoms with Crippen LogP contribution in [0.15, 0.2) is 0 Å². The Balaban J connectivity index is 1.40. The molecule has 1 aromatic rings. The molecule has 1 saturated heterocycles. The molecule has 2 aliphatic carbocycles. The van der Waals surface area contributed by atoms with Crippen molar-refractivity contribution in [1.82, 2.24) is 14.5 Å². The van der Waals surface area contributed by atoms with Gasteiger partial charge in [0.1, 0.15) is 5.82 Å². The van der Waals surface area contributed by atoms with Gasteiger partial charge in [-0.15, -0.1) is 0 Å². The summed E-state index contributed by atoms with van der Waals surface area (Å²) in [5.74, 6) is 2.18. The van der Waals surface area contributed by atoms with Gasteiger partial charge >= 0.3 is 0 Å². The van der Waals surface area contributed by atoms with Gasteiger partial charge in [-0.1, -0.05) is 0 Å². The van der Waals surface area contributed by atoms with E-state index in [0.717, 1.165) is 25.7 Å². The third kappa shape index (κ3) is 2.95. The molecule has 0 bridgehead atoms. The molecule has 1 atom stereocenters. The number of aryl methyl sites for hydroxylation is 1. The second-order valence-corrected chi connectivity index (χ2v) is 7.34. The van der Waals surface area contributed by atoms with Gasteiger partial charge in [0, 0.05) is 25.9 Å². The monoisotopic (exact) mass is 303 g/mol. The highest BCUT2D eigenvalue weighted by Gasteiger charge is 2.31. The average Bonchev–Trinajstić information content (AvgIpc) is 3.15. The summed E-state index contributed by atoms with van der Waals surface area (Å²) < 4.78 is 8.25. The van der Waals surface area contributed by atoms with Crippen molar-refractivity contribution in [3.05, 3.63) is 17.2 Å². The van der Waals surface area contributed by atoms with Gasteiger partial charge < -0.3 is 9.30 Å². The minimum absolute atomic E-state index is 0.514. The van der Waals surface area contributed by atoms with Gasteiger partial charge in [-0.25, -0.2) is 4.98 Å². The molecule has 0 amide bonds. The fourth-order valence-corrected chi connectivity index (χ4v) is 4.11. The second-order valence-electron chi connectivity index (χ2n) is 7.34. The van der Waals surface area contributed by atoms with Crippen LogP contribution in [0.25, 0.3) is 0 Å². The smallest absolute Gasteiger partial charge is 0.126 e. The molecule has 1 aliphatic heterocycles. The maximum atomic E-state index is 5.85. The molecule has 0 unspecified atom stereocenters. The average molecular weight is 303 g/mol. The molecule has 0 aromatic carbocycles. The first kappa shape index (κ1) is 14.7. The molecule has 4 rings (SSSR count). The van der Waals surface area contributed by atoms with E-state index < -0.39 is 0 Å². The van der Waals surface area contributed by atoms with Gasteiger partial charge in [0.05, 0.1) is 18.3 Å². The van der Waals surface area contributed by atoms with Crippen LogP contribution in [0.1, 0.15) is 61.8 Å². The lowest BCUT2D eigenvalue weighted by Crippen LogP contribution is -2.29. The van der Waals surface area contributed by atoms with E-state index in [9.17, 15) is 0 Å². The quantitative estimate of drug-likeness (QED) is 0.757. The van der Waals surface area contributed by atoms with Gasteiger partial charge in [-0.05, 0) is 63.8 Å². The zero-order valence-electron chi connectivity index (χ0n) is 13.9. The molecule has 3 aliphatic rings. The molecule has 22 heavy (non-hydrogen) atoms. The zero-order chi connectivity index (χ0) is 14.9. The van der Waals surface area contributed by atoms with Gasteiger partial charge in [-0.2, -0.15) is 0 Å². The summed E-state index contributed by atoms with van der Waals surface area (Å²) in [5, 5.41) is 0. The molecule has 2 heterocycles. The highest BCUT2D eigenvalue weighted by atomic mass is 16.5. The van der Waals surface area contributed by atoms with Crippen LogP contribution in [0, 0.1) is 5.92 Å². The van der Waals surface area contributed by atoms with Crippen molar-refractivity contribution in [2.75, 3.05) is 26.3 Å². The lowest BCUT2D eigenvalue weighted by atomic mass is 10.0. The van der Waals surface area contributed by atoms with E-state index in [2.05, 4.69) is 16.5 Å². The van der Waals surface area contributed by atoms with Gasteiger partial charge in [0.15, 0.2) is 0 Å². The number of rotatable bonds is 6. The predicted octanol–water partition coefficient (Wildman–Crippen LogP) is 2.86. The number of aromatic nitrogens is 2. The first-order chi connectivity index (χ1) is 10.8. The van der Waals surface area contributed by atoms with Crippen molar-refractivity contribution in [1.29, 1.82) is 0 Å². The molecule has 1 saturated carbocycles. The van der Waals surface area contributed by atoms with Crippen LogP contribution in [0.2, 0.25) is 0 Å². The van der Waals surface area contributed by atoms with Crippen LogP contribution < -0.4 is 0 Å². The first-order valence-corrected chi connectivity index (χ1v) is 9.19. The summed E-state index contributed by atoms with van der Waals surface area (Å²) in [6.45, 7) is 4.14. The largest absolute Gasteiger partial charge is 0.380 e. The van der Waals surface area contributed by atoms with Gasteiger partial charge in [0.2, 0.25) is 0 Å². The van der Waals surface area contributed by atoms with Crippen LogP contribution in [0.3, 0.4) is 0 Å². The van der Waals surface area contributed by atoms with E-state index in [0.29, 0.717) is 6.04 Å². The maximum Gasteiger partial charge on any atom is 0.126 e. The summed E-state index contributed by atoms with van der Waals surface area (Å²) in [5.41, 5.74) is 2.87. The number of ether oxygens (including phenoxy) is 1. The Morgan fingerprint density at radius 3 is 2.82 bits per heavy atom. The predicted molar refractivity (Wildman–Crippen MR) is 86.9 cm³/mol. The van der Waals surface area contributed by atoms with E-state index in [1.165, 1.54) is 75.1 Å². The minimum atomic E-state index is 0.514. The normalized spacial score (nSPS) is 25.6. The molecule has 0 N–H and O–H groups in total. The van der Waals surface area contributed by atoms with Crippen LogP contribution in [-0.2, 0) is 24.6 Å². The van der Waals surface area contributed by atoms with Crippen molar-refractivity contribution in [2.45, 2.75) is 57.4 Å². The third-order valence-electron chi connectivity index (χ3n) is 5.64. The van der Waals surface area contributed by atoms with E-state index in [4.69, 9.17) is 9.72 Å². The second kappa shape index (κ2) is 6.32. The Labute approximate surface area is 133 Å². The van der Waals surface area contributed by atoms with Crippen molar-refractivity contribution in [3.63, 3.8) is 0 Å². The van der Waals surface area contributed by atoms with E-state index >= 15 is 0 Å². The molecule has 4 nitrogen and oxygen atoms in total. The standard InChI is InChI=1S/C18H29N3O/c1-20-16-6-3-2-5-15(16)19-18(20)17-7-4-10-21(17)11-12-22-13-14-8-9-14/h14,17H,2-13H2,1H3/t17-/m1/s1. The van der Waals surface area contributed by atoms with E-state index in [1.807, 2.05) is 0 Å². The van der Waals surface area contributed by atoms with Crippen molar-refractivity contribution in [2.24, 2.45) is 13.0 Å². The molecule has 4 heteroatoms. The molecular weight excluding hydrogens is 274 g/mol. The molecule has 1 aromatic heterocycles. The zero-order valence-corrected chi connectivity index (χ0v) is 13.9. The maximum absolute atomic E-state index is 5.85. The highest BCUT2D eigenvalue weighted by molar-refractivity contribution is 5.22. The van der Waals surface area contributed by atoms with Crippen molar-refractivity contribution >= 4 is 0 Å². The Morgan fingerprint density at radius 2 is 2.00 bits per heavy atom. The highest BCUT2D eigenvalue weighted by Crippen LogP contribution is 2.33. The van der Waals surface area contributed by atoms with E-state index in [-0.39, 0.29) is 0 Å². The SMILES string of the molecule is Cn1c([C@H]2CCCN2CCOCC2CC2)nc2c1CCCC2. The topological polar surface area (TPSA) is 30.3 Å². The summed E-state index contributed by atoms with van der Waals surface area (Å²) >= 11 is 0. The number of hydrogen-bond donors (Lipinski definition) is 0. The number of likely N-dealkylation sites (tertiary alicyclic amines) is 1. The van der Waals surface area contributed by atoms with Crippen LogP contribution in [0.4, 0.5) is 0 Å². The molecule has 122 valence electrons. The Kier molecular flexibility index (Phi) is 4.23. The Bertz CT molecular complexity index is 521. The fraction of sp³-hybridized carbons (Fsp3) is 0.833. The van der Waals surface area contributed by atoms with Gasteiger partial charge in [-0.3, -0.25) is 4.90 Å². The summed E-state index contributed by atoms with van der Waals surface area (Å²) in [6.07, 6.45) is 10.4. The van der Waals surface area contributed by atoms with Gasteiger partial charge in [0.25, 0.3) is 0 Å². The lowest BCUT2D eigenvalue weighted by Gasteiger charge is -2.24.